The molecule has 1 aromatic heterocycles. The monoisotopic (exact) mass is 429 g/mol. The van der Waals surface area contributed by atoms with Crippen LogP contribution >= 0.6 is 0 Å². The summed E-state index contributed by atoms with van der Waals surface area (Å²) in [6, 6.07) is 0.438. The summed E-state index contributed by atoms with van der Waals surface area (Å²) >= 11 is -2.42. The Morgan fingerprint density at radius 3 is 2.17 bits per heavy atom. The maximum atomic E-state index is 5.63. The Bertz CT molecular complexity index is 421. The van der Waals surface area contributed by atoms with Crippen LogP contribution in [0.25, 0.3) is 0 Å². The summed E-state index contributed by atoms with van der Waals surface area (Å²) in [6.07, 6.45) is 11.3. The van der Waals surface area contributed by atoms with Gasteiger partial charge in [-0.3, -0.25) is 0 Å². The molecule has 0 saturated carbocycles. The number of rotatable bonds is 11. The van der Waals surface area contributed by atoms with E-state index in [1.54, 1.807) is 3.71 Å². The van der Waals surface area contributed by atoms with Crippen molar-refractivity contribution in [2.24, 2.45) is 0 Å². The summed E-state index contributed by atoms with van der Waals surface area (Å²) in [6.45, 7) is 8.70. The van der Waals surface area contributed by atoms with Crippen molar-refractivity contribution in [3.8, 4) is 0 Å². The van der Waals surface area contributed by atoms with Gasteiger partial charge in [0.2, 0.25) is 0 Å². The van der Waals surface area contributed by atoms with Gasteiger partial charge in [-0.05, 0) is 0 Å². The molecule has 1 aliphatic heterocycles. The molecule has 4 nitrogen and oxygen atoms in total. The Morgan fingerprint density at radius 2 is 1.70 bits per heavy atom. The van der Waals surface area contributed by atoms with Crippen LogP contribution in [-0.4, -0.2) is 46.6 Å². The summed E-state index contributed by atoms with van der Waals surface area (Å²) in [5.74, 6) is 0. The number of nitrogens with zero attached hydrogens (tertiary/aromatic N) is 3. The molecule has 23 heavy (non-hydrogen) atoms. The number of unbranched alkanes of at least 4 members (excludes halogenated alkanes) is 3. The van der Waals surface area contributed by atoms with Crippen LogP contribution in [0.4, 0.5) is 0 Å². The third-order valence-corrected chi connectivity index (χ3v) is 20.7. The fourth-order valence-corrected chi connectivity index (χ4v) is 20.1. The molecule has 2 rings (SSSR count). The molecule has 1 atom stereocenters. The van der Waals surface area contributed by atoms with Crippen LogP contribution in [0.15, 0.2) is 6.20 Å². The van der Waals surface area contributed by atoms with Gasteiger partial charge >= 0.3 is 146 Å². The quantitative estimate of drug-likeness (QED) is 0.494. The van der Waals surface area contributed by atoms with E-state index in [0.29, 0.717) is 6.04 Å². The van der Waals surface area contributed by atoms with E-state index in [9.17, 15) is 0 Å². The zero-order chi connectivity index (χ0) is 16.5. The zero-order valence-corrected chi connectivity index (χ0v) is 18.2. The van der Waals surface area contributed by atoms with E-state index in [1.807, 2.05) is 0 Å². The van der Waals surface area contributed by atoms with Crippen molar-refractivity contribution in [2.75, 3.05) is 13.2 Å². The molecule has 1 saturated heterocycles. The fraction of sp³-hybridized carbons (Fsp3) is 0.889. The second-order valence-corrected chi connectivity index (χ2v) is 20.2. The van der Waals surface area contributed by atoms with E-state index in [2.05, 4.69) is 42.0 Å². The predicted octanol–water partition coefficient (Wildman–Crippen LogP) is 4.30. The van der Waals surface area contributed by atoms with Gasteiger partial charge in [-0.25, -0.2) is 0 Å². The number of ether oxygens (including phenoxy) is 1. The predicted molar refractivity (Wildman–Crippen MR) is 99.0 cm³/mol. The molecular formula is C18H35N3OSn. The van der Waals surface area contributed by atoms with Crippen LogP contribution in [-0.2, 0) is 4.74 Å². The van der Waals surface area contributed by atoms with Gasteiger partial charge in [0, 0.05) is 0 Å². The van der Waals surface area contributed by atoms with Crippen LogP contribution in [0.5, 0.6) is 0 Å². The maximum absolute atomic E-state index is 5.63. The molecule has 1 fully saturated rings. The van der Waals surface area contributed by atoms with Crippen LogP contribution in [0.1, 0.15) is 71.8 Å². The van der Waals surface area contributed by atoms with Crippen molar-refractivity contribution in [1.82, 2.24) is 15.0 Å². The van der Waals surface area contributed by atoms with Crippen LogP contribution in [0.2, 0.25) is 13.3 Å². The molecule has 0 amide bonds. The van der Waals surface area contributed by atoms with Crippen molar-refractivity contribution in [3.63, 3.8) is 0 Å². The van der Waals surface area contributed by atoms with Gasteiger partial charge in [-0.15, -0.1) is 0 Å². The Labute approximate surface area is 146 Å². The Hall–Kier alpha value is -0.101. The molecule has 0 unspecified atom stereocenters. The van der Waals surface area contributed by atoms with Crippen molar-refractivity contribution >= 4 is 22.1 Å². The summed E-state index contributed by atoms with van der Waals surface area (Å²) in [5.41, 5.74) is 0. The third kappa shape index (κ3) is 4.94. The fourth-order valence-electron chi connectivity index (χ4n) is 3.91. The van der Waals surface area contributed by atoms with E-state index in [-0.39, 0.29) is 0 Å². The molecule has 0 aliphatic carbocycles. The van der Waals surface area contributed by atoms with E-state index >= 15 is 0 Å². The first-order valence-corrected chi connectivity index (χ1v) is 17.2. The molecule has 0 N–H and O–H groups in total. The van der Waals surface area contributed by atoms with Gasteiger partial charge in [-0.1, -0.05) is 0 Å². The normalized spacial score (nSPS) is 18.7. The Kier molecular flexibility index (Phi) is 8.37. The zero-order valence-electron chi connectivity index (χ0n) is 15.4. The average molecular weight is 428 g/mol. The van der Waals surface area contributed by atoms with E-state index in [4.69, 9.17) is 4.74 Å². The van der Waals surface area contributed by atoms with Gasteiger partial charge in [0.1, 0.15) is 0 Å². The van der Waals surface area contributed by atoms with Crippen molar-refractivity contribution in [1.29, 1.82) is 0 Å². The molecule has 0 aromatic carbocycles. The second-order valence-electron chi connectivity index (χ2n) is 7.17. The summed E-state index contributed by atoms with van der Waals surface area (Å²) in [4.78, 5) is 0. The summed E-state index contributed by atoms with van der Waals surface area (Å²) in [5, 5.41) is 8.89. The van der Waals surface area contributed by atoms with Crippen molar-refractivity contribution < 1.29 is 4.74 Å². The third-order valence-electron chi connectivity index (χ3n) is 5.40. The average Bonchev–Trinajstić information content (AvgIpc) is 3.25. The number of hydrogen-bond donors (Lipinski definition) is 0. The molecule has 1 aromatic rings. The summed E-state index contributed by atoms with van der Waals surface area (Å²) in [7, 11) is 0. The van der Waals surface area contributed by atoms with Gasteiger partial charge in [0.05, 0.1) is 0 Å². The Morgan fingerprint density at radius 1 is 1.09 bits per heavy atom. The van der Waals surface area contributed by atoms with Gasteiger partial charge in [-0.2, -0.15) is 0 Å². The molecule has 0 bridgehead atoms. The first-order valence-electron chi connectivity index (χ1n) is 9.75. The Balaban J connectivity index is 2.31. The van der Waals surface area contributed by atoms with Gasteiger partial charge in [0.25, 0.3) is 0 Å². The molecular weight excluding hydrogens is 393 g/mol. The molecule has 5 heteroatoms. The summed E-state index contributed by atoms with van der Waals surface area (Å²) < 4.78 is 14.0. The second kappa shape index (κ2) is 10.0. The molecule has 0 spiro atoms. The number of hydrogen-bond acceptors (Lipinski definition) is 3. The van der Waals surface area contributed by atoms with E-state index in [0.717, 1.165) is 19.6 Å². The molecule has 1 aliphatic rings. The van der Waals surface area contributed by atoms with Crippen LogP contribution in [0, 0.1) is 0 Å². The minimum absolute atomic E-state index is 0.438. The van der Waals surface area contributed by atoms with Crippen LogP contribution in [0.3, 0.4) is 0 Å². The topological polar surface area (TPSA) is 39.9 Å². The SMILES string of the molecule is CCC[CH2][Sn]([CH2]CCC)([CH2]CCC)[c]1cnnn1[C@H]1CCOC1. The van der Waals surface area contributed by atoms with E-state index < -0.39 is 18.4 Å². The first kappa shape index (κ1) is 19.2. The first-order chi connectivity index (χ1) is 11.3. The van der Waals surface area contributed by atoms with Crippen molar-refractivity contribution in [2.45, 2.75) is 85.1 Å². The number of aromatic nitrogens is 3. The van der Waals surface area contributed by atoms with Gasteiger partial charge in [0.15, 0.2) is 0 Å². The van der Waals surface area contributed by atoms with E-state index in [1.165, 1.54) is 51.8 Å². The molecule has 132 valence electrons. The van der Waals surface area contributed by atoms with Crippen molar-refractivity contribution in [3.05, 3.63) is 6.20 Å². The van der Waals surface area contributed by atoms with Crippen LogP contribution < -0.4 is 3.71 Å². The standard InChI is InChI=1S/C6H8N3O.3C4H9.Sn/c1-4-10-5-6(1)9-3-2-7-8-9;3*1-3-4-2;/h2,6H,1,4-5H2;3*1,3-4H2,2H3;/t6-;;;;/m0..../s1. The molecule has 0 radical (unpaired) electrons. The van der Waals surface area contributed by atoms with Gasteiger partial charge < -0.3 is 0 Å². The molecule has 2 heterocycles. The minimum atomic E-state index is -2.42.